The van der Waals surface area contributed by atoms with E-state index < -0.39 is 55.3 Å². The lowest BCUT2D eigenvalue weighted by Gasteiger charge is -2.58. The molecule has 0 aromatic carbocycles. The summed E-state index contributed by atoms with van der Waals surface area (Å²) >= 11 is 0. The van der Waals surface area contributed by atoms with Crippen LogP contribution in [0.5, 0.6) is 0 Å². The maximum Gasteiger partial charge on any atom is 0.187 e. The number of fused-ring (bicyclic) bond motifs is 5. The number of rotatable bonds is 9. The van der Waals surface area contributed by atoms with Gasteiger partial charge in [-0.3, -0.25) is 0 Å². The van der Waals surface area contributed by atoms with Gasteiger partial charge in [-0.05, 0) is 117 Å². The van der Waals surface area contributed by atoms with Crippen LogP contribution >= 0.6 is 0 Å². The molecule has 0 bridgehead atoms. The average Bonchev–Trinajstić information content (AvgIpc) is 3.43. The van der Waals surface area contributed by atoms with E-state index in [-0.39, 0.29) is 18.1 Å². The van der Waals surface area contributed by atoms with Crippen molar-refractivity contribution in [1.29, 1.82) is 0 Å². The van der Waals surface area contributed by atoms with Gasteiger partial charge in [-0.15, -0.1) is 0 Å². The Balaban J connectivity index is 1.05. The summed E-state index contributed by atoms with van der Waals surface area (Å²) in [7, 11) is 0. The zero-order valence-electron chi connectivity index (χ0n) is 31.0. The minimum absolute atomic E-state index is 0.0775. The summed E-state index contributed by atoms with van der Waals surface area (Å²) in [5.41, 5.74) is 2.06. The van der Waals surface area contributed by atoms with Crippen molar-refractivity contribution in [3.63, 3.8) is 0 Å². The number of aliphatic hydroxyl groups excluding tert-OH is 5. The van der Waals surface area contributed by atoms with Crippen molar-refractivity contribution in [1.82, 2.24) is 0 Å². The maximum atomic E-state index is 11.0. The molecule has 2 aliphatic heterocycles. The highest BCUT2D eigenvalue weighted by Gasteiger charge is 2.59. The van der Waals surface area contributed by atoms with Crippen LogP contribution in [-0.4, -0.2) is 93.6 Å². The van der Waals surface area contributed by atoms with Crippen LogP contribution in [0, 0.1) is 52.3 Å². The Labute approximate surface area is 294 Å². The molecule has 18 atom stereocenters. The third kappa shape index (κ3) is 6.99. The van der Waals surface area contributed by atoms with E-state index in [4.69, 9.17) is 18.9 Å². The molecule has 2 saturated heterocycles. The molecular weight excluding hydrogens is 624 g/mol. The summed E-state index contributed by atoms with van der Waals surface area (Å²) in [6.45, 7) is 16.1. The predicted molar refractivity (Wildman–Crippen MR) is 186 cm³/mol. The quantitative estimate of drug-likeness (QED) is 0.209. The molecule has 5 fully saturated rings. The van der Waals surface area contributed by atoms with E-state index in [1.54, 1.807) is 6.92 Å². The Bertz CT molecular complexity index is 1190. The van der Waals surface area contributed by atoms with Crippen molar-refractivity contribution in [3.8, 4) is 0 Å². The minimum Gasteiger partial charge on any atom is -0.388 e. The van der Waals surface area contributed by atoms with E-state index in [2.05, 4.69) is 59.8 Å². The molecule has 0 unspecified atom stereocenters. The van der Waals surface area contributed by atoms with Crippen LogP contribution in [0.25, 0.3) is 0 Å². The highest BCUT2D eigenvalue weighted by Crippen LogP contribution is 2.67. The van der Waals surface area contributed by atoms with Gasteiger partial charge < -0.3 is 44.5 Å². The molecule has 0 radical (unpaired) electrons. The standard InChI is InChI=1S/C40H66O9/c1-8-24(21(2)3)10-9-22(4)28-13-14-29-27-12-11-25-19-26(15-17-39(25,6)30(27)16-18-40(28,29)7)48-37-35(44)33(42)31(20-46-37)49-38-36(45)34(43)32(41)23(5)47-38/h9-11,21-24,26-38,41-45H,8,12-20H2,1-7H3/b10-9+/t22-,23+,24+,26+,27+,28-,29+,30+,31-,32+,33+,34-,35-,36-,37+,38+,39+,40-/m1/s1. The summed E-state index contributed by atoms with van der Waals surface area (Å²) < 4.78 is 23.5. The first-order valence-electron chi connectivity index (χ1n) is 19.6. The molecule has 5 N–H and O–H groups in total. The molecule has 4 aliphatic carbocycles. The Morgan fingerprint density at radius 1 is 0.857 bits per heavy atom. The number of allylic oxidation sites excluding steroid dienone is 3. The van der Waals surface area contributed by atoms with Gasteiger partial charge in [0.25, 0.3) is 0 Å². The van der Waals surface area contributed by atoms with Gasteiger partial charge in [0.05, 0.1) is 18.8 Å². The third-order valence-electron chi connectivity index (χ3n) is 14.6. The minimum atomic E-state index is -1.51. The molecular formula is C40H66O9. The lowest BCUT2D eigenvalue weighted by Crippen LogP contribution is -2.61. The van der Waals surface area contributed by atoms with Gasteiger partial charge in [-0.25, -0.2) is 0 Å². The van der Waals surface area contributed by atoms with Gasteiger partial charge in [0, 0.05) is 0 Å². The molecule has 0 amide bonds. The van der Waals surface area contributed by atoms with Gasteiger partial charge in [0.1, 0.15) is 36.6 Å². The van der Waals surface area contributed by atoms with Crippen LogP contribution in [0.1, 0.15) is 106 Å². The molecule has 6 rings (SSSR count). The summed E-state index contributed by atoms with van der Waals surface area (Å²) in [6, 6.07) is 0. The molecule has 0 spiro atoms. The fourth-order valence-corrected chi connectivity index (χ4v) is 11.4. The van der Waals surface area contributed by atoms with Crippen molar-refractivity contribution in [2.24, 2.45) is 52.3 Å². The fraction of sp³-hybridized carbons (Fsp3) is 0.900. The van der Waals surface area contributed by atoms with Crippen LogP contribution in [0.2, 0.25) is 0 Å². The largest absolute Gasteiger partial charge is 0.388 e. The third-order valence-corrected chi connectivity index (χ3v) is 14.6. The molecule has 280 valence electrons. The van der Waals surface area contributed by atoms with E-state index in [0.29, 0.717) is 29.1 Å². The first-order valence-corrected chi connectivity index (χ1v) is 19.6. The monoisotopic (exact) mass is 690 g/mol. The smallest absolute Gasteiger partial charge is 0.187 e. The molecule has 2 heterocycles. The van der Waals surface area contributed by atoms with Gasteiger partial charge >= 0.3 is 0 Å². The molecule has 49 heavy (non-hydrogen) atoms. The van der Waals surface area contributed by atoms with Crippen molar-refractivity contribution >= 4 is 0 Å². The van der Waals surface area contributed by atoms with E-state index in [1.807, 2.05) is 0 Å². The molecule has 9 heteroatoms. The number of hydrogen-bond acceptors (Lipinski definition) is 9. The zero-order chi connectivity index (χ0) is 35.4. The lowest BCUT2D eigenvalue weighted by atomic mass is 9.47. The van der Waals surface area contributed by atoms with Crippen molar-refractivity contribution in [2.45, 2.75) is 168 Å². The molecule has 6 aliphatic rings. The van der Waals surface area contributed by atoms with E-state index in [0.717, 1.165) is 43.4 Å². The Hall–Kier alpha value is -0.880. The fourth-order valence-electron chi connectivity index (χ4n) is 11.4. The summed E-state index contributed by atoms with van der Waals surface area (Å²) in [6.07, 6.45) is 6.91. The highest BCUT2D eigenvalue weighted by atomic mass is 16.7. The molecule has 0 aromatic rings. The summed E-state index contributed by atoms with van der Waals surface area (Å²) in [4.78, 5) is 0. The summed E-state index contributed by atoms with van der Waals surface area (Å²) in [5, 5.41) is 52.4. The van der Waals surface area contributed by atoms with E-state index in [1.165, 1.54) is 37.7 Å². The van der Waals surface area contributed by atoms with Crippen molar-refractivity contribution in [3.05, 3.63) is 23.8 Å². The van der Waals surface area contributed by atoms with Gasteiger partial charge in [-0.2, -0.15) is 0 Å². The normalized spacial score (nSPS) is 50.0. The molecule has 0 aromatic heterocycles. The average molecular weight is 691 g/mol. The first kappa shape index (κ1) is 37.9. The van der Waals surface area contributed by atoms with Gasteiger partial charge in [0.15, 0.2) is 12.6 Å². The van der Waals surface area contributed by atoms with Crippen LogP contribution < -0.4 is 0 Å². The second-order valence-electron chi connectivity index (χ2n) is 17.6. The van der Waals surface area contributed by atoms with Crippen molar-refractivity contribution < 1.29 is 44.5 Å². The first-order chi connectivity index (χ1) is 23.2. The number of hydrogen-bond donors (Lipinski definition) is 5. The van der Waals surface area contributed by atoms with Crippen LogP contribution in [0.4, 0.5) is 0 Å². The highest BCUT2D eigenvalue weighted by molar-refractivity contribution is 5.25. The van der Waals surface area contributed by atoms with Gasteiger partial charge in [0.2, 0.25) is 0 Å². The number of aliphatic hydroxyl groups is 5. The van der Waals surface area contributed by atoms with Crippen LogP contribution in [0.15, 0.2) is 23.8 Å². The van der Waals surface area contributed by atoms with Gasteiger partial charge in [-0.1, -0.05) is 65.3 Å². The predicted octanol–water partition coefficient (Wildman–Crippen LogP) is 5.12. The molecule has 3 saturated carbocycles. The maximum absolute atomic E-state index is 11.0. The topological polar surface area (TPSA) is 138 Å². The Morgan fingerprint density at radius 3 is 2.31 bits per heavy atom. The Kier molecular flexibility index (Phi) is 11.5. The second-order valence-corrected chi connectivity index (χ2v) is 17.6. The number of ether oxygens (including phenoxy) is 4. The van der Waals surface area contributed by atoms with Crippen LogP contribution in [0.3, 0.4) is 0 Å². The van der Waals surface area contributed by atoms with Crippen molar-refractivity contribution in [2.75, 3.05) is 6.61 Å². The molecule has 9 nitrogen and oxygen atoms in total. The lowest BCUT2D eigenvalue weighted by molar-refractivity contribution is -0.343. The van der Waals surface area contributed by atoms with E-state index >= 15 is 0 Å². The Morgan fingerprint density at radius 2 is 1.59 bits per heavy atom. The second kappa shape index (κ2) is 14.9. The summed E-state index contributed by atoms with van der Waals surface area (Å²) in [5.74, 6) is 4.94. The van der Waals surface area contributed by atoms with E-state index in [9.17, 15) is 25.5 Å². The van der Waals surface area contributed by atoms with Crippen LogP contribution in [-0.2, 0) is 18.9 Å². The SMILES string of the molecule is CC[C@@H](/C=C/[C@@H](C)[C@H]1CC[C@H]2[C@@H]3CC=C4C[C@@H](O[C@@H]5OC[C@@H](O[C@@H]6O[C@@H](C)[C@H](O)[C@@H](O)[C@H]6O)[C@H](O)[C@H]5O)CC[C@]4(C)[C@H]3CC[C@]12C)C(C)C. The zero-order valence-corrected chi connectivity index (χ0v) is 31.0.